The number of hydrogen-bond acceptors (Lipinski definition) is 3. The van der Waals surface area contributed by atoms with Crippen LogP contribution in [0.1, 0.15) is 33.4 Å². The molecule has 7 rings (SSSR count). The molecule has 0 radical (unpaired) electrons. The molecule has 0 atom stereocenters. The summed E-state index contributed by atoms with van der Waals surface area (Å²) >= 11 is 0. The second kappa shape index (κ2) is 14.7. The van der Waals surface area contributed by atoms with Gasteiger partial charge >= 0.3 is 0 Å². The molecule has 1 aromatic heterocycles. The first-order chi connectivity index (χ1) is 24.8. The molecular formula is C46H39FN4. The lowest BCUT2D eigenvalue weighted by Crippen LogP contribution is -2.12. The van der Waals surface area contributed by atoms with Crippen LogP contribution in [0.5, 0.6) is 0 Å². The van der Waals surface area contributed by atoms with Crippen LogP contribution in [0.3, 0.4) is 0 Å². The second-order valence-corrected chi connectivity index (χ2v) is 13.1. The fraction of sp³-hybridized carbons (Fsp3) is 0.130. The van der Waals surface area contributed by atoms with Gasteiger partial charge in [-0.25, -0.2) is 4.39 Å². The van der Waals surface area contributed by atoms with Gasteiger partial charge in [-0.05, 0) is 120 Å². The Labute approximate surface area is 299 Å². The predicted octanol–water partition coefficient (Wildman–Crippen LogP) is 9.14. The maximum atomic E-state index is 13.3. The van der Waals surface area contributed by atoms with Gasteiger partial charge in [-0.3, -0.25) is 0 Å². The minimum atomic E-state index is -0.218. The number of anilines is 2. The SMILES string of the molecule is CN(C)c1ccc(C#Cc2ccc3c(c2)c2cc(C#Cc4ccc(N(C)C)cc4)ccc2n3-c2ccc(CNCc3ccc(F)cc3)cc2)cc1. The molecule has 250 valence electrons. The summed E-state index contributed by atoms with van der Waals surface area (Å²) in [6.07, 6.45) is 0. The van der Waals surface area contributed by atoms with Crippen molar-refractivity contribution >= 4 is 33.2 Å². The van der Waals surface area contributed by atoms with Gasteiger partial charge in [0.25, 0.3) is 0 Å². The van der Waals surface area contributed by atoms with E-state index in [9.17, 15) is 4.39 Å². The van der Waals surface area contributed by atoms with Crippen molar-refractivity contribution in [3.05, 3.63) is 173 Å². The van der Waals surface area contributed by atoms with Crippen LogP contribution in [0.15, 0.2) is 133 Å². The highest BCUT2D eigenvalue weighted by Crippen LogP contribution is 2.33. The molecule has 0 saturated carbocycles. The Balaban J connectivity index is 1.23. The Kier molecular flexibility index (Phi) is 9.57. The Morgan fingerprint density at radius 2 is 0.882 bits per heavy atom. The third-order valence-electron chi connectivity index (χ3n) is 9.00. The van der Waals surface area contributed by atoms with E-state index in [4.69, 9.17) is 0 Å². The molecule has 5 heteroatoms. The van der Waals surface area contributed by atoms with Gasteiger partial charge in [0.1, 0.15) is 5.82 Å². The summed E-state index contributed by atoms with van der Waals surface area (Å²) < 4.78 is 15.6. The molecule has 0 bridgehead atoms. The van der Waals surface area contributed by atoms with Gasteiger partial charge in [0, 0.05) is 91.4 Å². The lowest BCUT2D eigenvalue weighted by Gasteiger charge is -2.11. The predicted molar refractivity (Wildman–Crippen MR) is 211 cm³/mol. The van der Waals surface area contributed by atoms with Crippen molar-refractivity contribution in [2.45, 2.75) is 13.1 Å². The number of halogens is 1. The van der Waals surface area contributed by atoms with Crippen LogP contribution < -0.4 is 15.1 Å². The molecule has 51 heavy (non-hydrogen) atoms. The van der Waals surface area contributed by atoms with E-state index in [0.29, 0.717) is 13.1 Å². The average Bonchev–Trinajstić information content (AvgIpc) is 3.47. The number of nitrogens with zero attached hydrogens (tertiary/aromatic N) is 3. The fourth-order valence-electron chi connectivity index (χ4n) is 6.15. The average molecular weight is 667 g/mol. The minimum Gasteiger partial charge on any atom is -0.378 e. The smallest absolute Gasteiger partial charge is 0.123 e. The van der Waals surface area contributed by atoms with Crippen LogP contribution >= 0.6 is 0 Å². The number of nitrogens with one attached hydrogen (secondary N) is 1. The van der Waals surface area contributed by atoms with E-state index < -0.39 is 0 Å². The monoisotopic (exact) mass is 666 g/mol. The van der Waals surface area contributed by atoms with Gasteiger partial charge in [0.05, 0.1) is 11.0 Å². The molecule has 0 fully saturated rings. The van der Waals surface area contributed by atoms with Gasteiger partial charge in [-0.15, -0.1) is 0 Å². The van der Waals surface area contributed by atoms with Crippen molar-refractivity contribution in [3.63, 3.8) is 0 Å². The summed E-state index contributed by atoms with van der Waals surface area (Å²) in [5, 5.41) is 5.72. The molecule has 0 aliphatic rings. The van der Waals surface area contributed by atoms with Crippen LogP contribution in [0.2, 0.25) is 0 Å². The molecule has 0 unspecified atom stereocenters. The van der Waals surface area contributed by atoms with E-state index in [-0.39, 0.29) is 5.82 Å². The molecule has 6 aromatic carbocycles. The van der Waals surface area contributed by atoms with Crippen molar-refractivity contribution in [1.29, 1.82) is 0 Å². The Hall–Kier alpha value is -6.27. The zero-order chi connectivity index (χ0) is 35.3. The summed E-state index contributed by atoms with van der Waals surface area (Å²) in [5.74, 6) is 13.3. The van der Waals surface area contributed by atoms with E-state index in [1.165, 1.54) is 17.7 Å². The van der Waals surface area contributed by atoms with Crippen molar-refractivity contribution in [3.8, 4) is 29.4 Å². The topological polar surface area (TPSA) is 23.4 Å². The van der Waals surface area contributed by atoms with Gasteiger partial charge in [0.15, 0.2) is 0 Å². The largest absolute Gasteiger partial charge is 0.378 e. The second-order valence-electron chi connectivity index (χ2n) is 13.1. The summed E-state index contributed by atoms with van der Waals surface area (Å²) in [7, 11) is 8.15. The van der Waals surface area contributed by atoms with Crippen LogP contribution in [-0.4, -0.2) is 32.8 Å². The summed E-state index contributed by atoms with van der Waals surface area (Å²) in [4.78, 5) is 4.17. The summed E-state index contributed by atoms with van der Waals surface area (Å²) in [6, 6.07) is 44.8. The standard InChI is InChI=1S/C46H39FN4/c1-49(2)40-21-11-33(12-22-40)5-7-35-17-27-45-43(29-35)44-30-36(8-6-34-13-23-41(24-14-34)50(3)4)18-28-46(44)51(45)42-25-15-38(16-26-42)32-48-31-37-9-19-39(47)20-10-37/h9-30,48H,31-32H2,1-4H3. The maximum Gasteiger partial charge on any atom is 0.123 e. The van der Waals surface area contributed by atoms with Crippen LogP contribution in [0, 0.1) is 29.5 Å². The number of fused-ring (bicyclic) bond motifs is 3. The molecule has 4 nitrogen and oxygen atoms in total. The molecule has 7 aromatic rings. The molecule has 1 heterocycles. The van der Waals surface area contributed by atoms with Crippen LogP contribution in [0.25, 0.3) is 27.5 Å². The number of aromatic nitrogens is 1. The Morgan fingerprint density at radius 3 is 1.31 bits per heavy atom. The molecule has 0 aliphatic heterocycles. The number of benzene rings is 6. The van der Waals surface area contributed by atoms with Crippen molar-refractivity contribution in [1.82, 2.24) is 9.88 Å². The molecule has 0 aliphatic carbocycles. The van der Waals surface area contributed by atoms with Crippen LogP contribution in [0.4, 0.5) is 15.8 Å². The van der Waals surface area contributed by atoms with Gasteiger partial charge in [-0.1, -0.05) is 47.9 Å². The fourth-order valence-corrected chi connectivity index (χ4v) is 6.15. The first-order valence-electron chi connectivity index (χ1n) is 17.0. The number of hydrogen-bond donors (Lipinski definition) is 1. The van der Waals surface area contributed by atoms with Gasteiger partial charge < -0.3 is 19.7 Å². The van der Waals surface area contributed by atoms with E-state index >= 15 is 0 Å². The molecule has 0 amide bonds. The minimum absolute atomic E-state index is 0.218. The zero-order valence-corrected chi connectivity index (χ0v) is 29.3. The first kappa shape index (κ1) is 33.2. The molecule has 1 N–H and O–H groups in total. The lowest BCUT2D eigenvalue weighted by atomic mass is 10.1. The molecule has 0 saturated heterocycles. The van der Waals surface area contributed by atoms with Gasteiger partial charge in [0.2, 0.25) is 0 Å². The quantitative estimate of drug-likeness (QED) is 0.172. The zero-order valence-electron chi connectivity index (χ0n) is 29.3. The van der Waals surface area contributed by atoms with E-state index in [0.717, 1.165) is 66.7 Å². The summed E-state index contributed by atoms with van der Waals surface area (Å²) in [5.41, 5.74) is 11.7. The third kappa shape index (κ3) is 7.66. The highest BCUT2D eigenvalue weighted by Gasteiger charge is 2.13. The maximum absolute atomic E-state index is 13.3. The van der Waals surface area contributed by atoms with Crippen LogP contribution in [-0.2, 0) is 13.1 Å². The molecule has 0 spiro atoms. The third-order valence-corrected chi connectivity index (χ3v) is 9.00. The van der Waals surface area contributed by atoms with Crippen molar-refractivity contribution in [2.75, 3.05) is 38.0 Å². The Bertz CT molecular complexity index is 2310. The molecular weight excluding hydrogens is 628 g/mol. The van der Waals surface area contributed by atoms with E-state index in [1.807, 2.05) is 40.3 Å². The van der Waals surface area contributed by atoms with Gasteiger partial charge in [-0.2, -0.15) is 0 Å². The normalized spacial score (nSPS) is 10.8. The van der Waals surface area contributed by atoms with E-state index in [1.54, 1.807) is 0 Å². The van der Waals surface area contributed by atoms with Crippen molar-refractivity contribution in [2.24, 2.45) is 0 Å². The highest BCUT2D eigenvalue weighted by molar-refractivity contribution is 6.10. The van der Waals surface area contributed by atoms with Crippen molar-refractivity contribution < 1.29 is 4.39 Å². The lowest BCUT2D eigenvalue weighted by molar-refractivity contribution is 0.625. The Morgan fingerprint density at radius 1 is 0.490 bits per heavy atom. The van der Waals surface area contributed by atoms with E-state index in [2.05, 4.69) is 153 Å². The number of rotatable bonds is 7. The first-order valence-corrected chi connectivity index (χ1v) is 17.0. The summed E-state index contributed by atoms with van der Waals surface area (Å²) in [6.45, 7) is 1.39. The highest BCUT2D eigenvalue weighted by atomic mass is 19.1.